The fraction of sp³-hybridized carbons (Fsp3) is 0.0435. The molecule has 176 valence electrons. The summed E-state index contributed by atoms with van der Waals surface area (Å²) in [7, 11) is 0. The highest BCUT2D eigenvalue weighted by Crippen LogP contribution is 2.28. The average Bonchev–Trinajstić information content (AvgIpc) is 3.29. The number of rotatable bonds is 8. The third-order valence-corrected chi connectivity index (χ3v) is 6.19. The summed E-state index contributed by atoms with van der Waals surface area (Å²) in [5.41, 5.74) is 4.22. The van der Waals surface area contributed by atoms with Gasteiger partial charge in [-0.3, -0.25) is 19.5 Å². The second kappa shape index (κ2) is 11.1. The van der Waals surface area contributed by atoms with Crippen molar-refractivity contribution in [3.63, 3.8) is 0 Å². The maximum atomic E-state index is 12.4. The van der Waals surface area contributed by atoms with E-state index in [9.17, 15) is 14.9 Å². The summed E-state index contributed by atoms with van der Waals surface area (Å²) in [5.74, 6) is 0.217. The molecule has 9 nitrogen and oxygen atoms in total. The van der Waals surface area contributed by atoms with Crippen LogP contribution in [0.25, 0.3) is 17.1 Å². The number of nitro benzene ring substituents is 1. The molecule has 0 bridgehead atoms. The van der Waals surface area contributed by atoms with E-state index < -0.39 is 10.8 Å². The molecule has 0 saturated heterocycles. The van der Waals surface area contributed by atoms with Crippen LogP contribution in [0.4, 0.5) is 5.69 Å². The molecule has 0 atom stereocenters. The van der Waals surface area contributed by atoms with E-state index in [0.717, 1.165) is 11.3 Å². The van der Waals surface area contributed by atoms with E-state index in [-0.39, 0.29) is 16.5 Å². The highest BCUT2D eigenvalue weighted by atomic mass is 35.5. The molecule has 0 saturated carbocycles. The maximum absolute atomic E-state index is 12.4. The van der Waals surface area contributed by atoms with Crippen LogP contribution in [0.3, 0.4) is 0 Å². The lowest BCUT2D eigenvalue weighted by Crippen LogP contribution is -2.20. The lowest BCUT2D eigenvalue weighted by molar-refractivity contribution is -0.384. The Bertz CT molecular complexity index is 1390. The third-order valence-electron chi connectivity index (χ3n) is 4.67. The first kappa shape index (κ1) is 24.4. The van der Waals surface area contributed by atoms with Gasteiger partial charge in [0.2, 0.25) is 0 Å². The SMILES string of the molecule is O=C(CSc1nnc(-c2ccccc2)n1-c1ccc(Cl)cc1)N/N=C\c1cc([N+](=O)[O-])ccc1Cl. The molecular formula is C23H16Cl2N6O3S. The molecule has 0 aliphatic heterocycles. The molecule has 4 rings (SSSR count). The summed E-state index contributed by atoms with van der Waals surface area (Å²) in [5, 5.41) is 24.8. The number of hydrogen-bond donors (Lipinski definition) is 1. The maximum Gasteiger partial charge on any atom is 0.270 e. The number of halogens is 2. The Balaban J connectivity index is 1.49. The number of carbonyl (C=O) groups excluding carboxylic acids is 1. The minimum absolute atomic E-state index is 0.000518. The smallest absolute Gasteiger partial charge is 0.270 e. The molecule has 0 unspecified atom stereocenters. The number of non-ortho nitro benzene ring substituents is 1. The Morgan fingerprint density at radius 3 is 2.54 bits per heavy atom. The van der Waals surface area contributed by atoms with E-state index in [1.165, 1.54) is 36.2 Å². The second-order valence-electron chi connectivity index (χ2n) is 7.03. The van der Waals surface area contributed by atoms with Gasteiger partial charge in [-0.05, 0) is 30.3 Å². The third kappa shape index (κ3) is 6.04. The van der Waals surface area contributed by atoms with Gasteiger partial charge in [0.25, 0.3) is 11.6 Å². The highest BCUT2D eigenvalue weighted by Gasteiger charge is 2.17. The Morgan fingerprint density at radius 1 is 1.09 bits per heavy atom. The predicted octanol–water partition coefficient (Wildman–Crippen LogP) is 5.39. The number of hydrazone groups is 1. The van der Waals surface area contributed by atoms with Crippen LogP contribution < -0.4 is 5.43 Å². The summed E-state index contributed by atoms with van der Waals surface area (Å²) in [6, 6.07) is 20.7. The van der Waals surface area contributed by atoms with E-state index in [1.54, 1.807) is 12.1 Å². The average molecular weight is 527 g/mol. The Hall–Kier alpha value is -3.73. The fourth-order valence-electron chi connectivity index (χ4n) is 3.04. The zero-order valence-corrected chi connectivity index (χ0v) is 20.2. The lowest BCUT2D eigenvalue weighted by atomic mass is 10.2. The Morgan fingerprint density at radius 2 is 1.83 bits per heavy atom. The van der Waals surface area contributed by atoms with Crippen molar-refractivity contribution < 1.29 is 9.72 Å². The van der Waals surface area contributed by atoms with Crippen LogP contribution in [0, 0.1) is 10.1 Å². The van der Waals surface area contributed by atoms with Crippen LogP contribution in [-0.2, 0) is 4.79 Å². The summed E-state index contributed by atoms with van der Waals surface area (Å²) in [6.45, 7) is 0. The second-order valence-corrected chi connectivity index (χ2v) is 8.81. The van der Waals surface area contributed by atoms with Crippen molar-refractivity contribution in [2.75, 3.05) is 5.75 Å². The molecule has 0 aliphatic carbocycles. The number of amides is 1. The van der Waals surface area contributed by atoms with Crippen molar-refractivity contribution >= 4 is 52.8 Å². The number of aromatic nitrogens is 3. The summed E-state index contributed by atoms with van der Waals surface area (Å²) >= 11 is 13.3. The minimum atomic E-state index is -0.538. The molecule has 4 aromatic rings. The molecule has 1 N–H and O–H groups in total. The molecule has 0 spiro atoms. The Labute approximate surface area is 213 Å². The van der Waals surface area contributed by atoms with Crippen molar-refractivity contribution in [2.24, 2.45) is 5.10 Å². The number of nitro groups is 1. The van der Waals surface area contributed by atoms with E-state index >= 15 is 0 Å². The fourth-order valence-corrected chi connectivity index (χ4v) is 4.08. The van der Waals surface area contributed by atoms with Crippen LogP contribution in [0.5, 0.6) is 0 Å². The van der Waals surface area contributed by atoms with Crippen LogP contribution >= 0.6 is 35.0 Å². The van der Waals surface area contributed by atoms with Crippen LogP contribution in [-0.4, -0.2) is 37.6 Å². The molecule has 12 heteroatoms. The van der Waals surface area contributed by atoms with Gasteiger partial charge in [-0.15, -0.1) is 10.2 Å². The van der Waals surface area contributed by atoms with Gasteiger partial charge in [-0.2, -0.15) is 5.10 Å². The number of hydrogen-bond acceptors (Lipinski definition) is 7. The molecular weight excluding hydrogens is 511 g/mol. The standard InChI is InChI=1S/C23H16Cl2N6O3S/c24-17-6-8-18(9-7-17)30-22(15-4-2-1-3-5-15)28-29-23(30)35-14-21(32)27-26-13-16-12-19(31(33)34)10-11-20(16)25/h1-13H,14H2,(H,27,32)/b26-13-. The minimum Gasteiger partial charge on any atom is -0.272 e. The van der Waals surface area contributed by atoms with E-state index in [2.05, 4.69) is 20.7 Å². The van der Waals surface area contributed by atoms with Crippen molar-refractivity contribution in [2.45, 2.75) is 5.16 Å². The number of thioether (sulfide) groups is 1. The number of nitrogens with zero attached hydrogens (tertiary/aromatic N) is 5. The quantitative estimate of drug-likeness (QED) is 0.142. The normalized spacial score (nSPS) is 11.0. The Kier molecular flexibility index (Phi) is 7.76. The summed E-state index contributed by atoms with van der Waals surface area (Å²) in [6.07, 6.45) is 1.25. The van der Waals surface area contributed by atoms with Crippen molar-refractivity contribution in [1.82, 2.24) is 20.2 Å². The van der Waals surface area contributed by atoms with E-state index in [4.69, 9.17) is 23.2 Å². The van der Waals surface area contributed by atoms with Crippen molar-refractivity contribution in [3.05, 3.63) is 98.5 Å². The van der Waals surface area contributed by atoms with Crippen molar-refractivity contribution in [1.29, 1.82) is 0 Å². The molecule has 0 aliphatic rings. The van der Waals surface area contributed by atoms with Gasteiger partial charge in [0, 0.05) is 39.0 Å². The van der Waals surface area contributed by atoms with Gasteiger partial charge in [-0.25, -0.2) is 5.43 Å². The molecule has 0 radical (unpaired) electrons. The first-order valence-corrected chi connectivity index (χ1v) is 11.8. The van der Waals surface area contributed by atoms with E-state index in [0.29, 0.717) is 21.6 Å². The number of carbonyl (C=O) groups is 1. The molecule has 3 aromatic carbocycles. The molecule has 1 aromatic heterocycles. The molecule has 1 amide bonds. The molecule has 1 heterocycles. The van der Waals surface area contributed by atoms with E-state index in [1.807, 2.05) is 47.0 Å². The van der Waals surface area contributed by atoms with Gasteiger partial charge in [0.1, 0.15) is 0 Å². The largest absolute Gasteiger partial charge is 0.272 e. The van der Waals surface area contributed by atoms with Gasteiger partial charge < -0.3 is 0 Å². The lowest BCUT2D eigenvalue weighted by Gasteiger charge is -2.10. The molecule has 35 heavy (non-hydrogen) atoms. The topological polar surface area (TPSA) is 115 Å². The van der Waals surface area contributed by atoms with Crippen LogP contribution in [0.1, 0.15) is 5.56 Å². The molecule has 0 fully saturated rings. The van der Waals surface area contributed by atoms with Gasteiger partial charge in [0.15, 0.2) is 11.0 Å². The first-order chi connectivity index (χ1) is 16.9. The number of nitrogens with one attached hydrogen (secondary N) is 1. The predicted molar refractivity (Wildman–Crippen MR) is 136 cm³/mol. The number of benzene rings is 3. The van der Waals surface area contributed by atoms with Gasteiger partial charge in [0.05, 0.1) is 16.9 Å². The zero-order valence-electron chi connectivity index (χ0n) is 17.8. The monoisotopic (exact) mass is 526 g/mol. The van der Waals surface area contributed by atoms with Crippen LogP contribution in [0.15, 0.2) is 83.1 Å². The zero-order chi connectivity index (χ0) is 24.8. The van der Waals surface area contributed by atoms with Crippen molar-refractivity contribution in [3.8, 4) is 17.1 Å². The summed E-state index contributed by atoms with van der Waals surface area (Å²) < 4.78 is 1.84. The highest BCUT2D eigenvalue weighted by molar-refractivity contribution is 7.99. The first-order valence-electron chi connectivity index (χ1n) is 10.1. The van der Waals surface area contributed by atoms with Crippen LogP contribution in [0.2, 0.25) is 10.0 Å². The van der Waals surface area contributed by atoms with Gasteiger partial charge in [-0.1, -0.05) is 65.3 Å². The van der Waals surface area contributed by atoms with Gasteiger partial charge >= 0.3 is 0 Å². The summed E-state index contributed by atoms with van der Waals surface area (Å²) in [4.78, 5) is 22.8.